The molecule has 28 aromatic rings. The highest BCUT2D eigenvalue weighted by atomic mass is 14.3. The van der Waals surface area contributed by atoms with Crippen LogP contribution in [0, 0.1) is 0 Å². The molecule has 0 radical (unpaired) electrons. The molecule has 28 rings (SSSR count). The Labute approximate surface area is 954 Å². The molecule has 0 saturated heterocycles. The van der Waals surface area contributed by atoms with Crippen molar-refractivity contribution in [1.29, 1.82) is 0 Å². The summed E-state index contributed by atoms with van der Waals surface area (Å²) in [5.74, 6) is 0. The summed E-state index contributed by atoms with van der Waals surface area (Å²) in [5.41, 5.74) is -21.1. The Bertz CT molecular complexity index is 15800. The van der Waals surface area contributed by atoms with Gasteiger partial charge in [-0.1, -0.05) is 520 Å². The minimum absolute atomic E-state index is 0.617. The molecule has 0 heteroatoms. The van der Waals surface area contributed by atoms with E-state index >= 15 is 0 Å². The van der Waals surface area contributed by atoms with Gasteiger partial charge in [-0.25, -0.2) is 0 Å². The quantitative estimate of drug-likeness (QED) is 0.107. The van der Waals surface area contributed by atoms with Crippen molar-refractivity contribution >= 4 is 140 Å². The Balaban J connectivity index is 0.000000159. The van der Waals surface area contributed by atoms with E-state index in [1.165, 1.54) is 0 Å². The molecule has 0 bridgehead atoms. The van der Waals surface area contributed by atoms with Crippen molar-refractivity contribution in [3.05, 3.63) is 556 Å². The first-order chi connectivity index (χ1) is 109. The van der Waals surface area contributed by atoms with E-state index in [0.29, 0.717) is 0 Å². The van der Waals surface area contributed by atoms with Gasteiger partial charge in [-0.15, -0.1) is 0 Å². The van der Waals surface area contributed by atoms with E-state index in [9.17, 15) is 48.0 Å². The third kappa shape index (κ3) is 15.3. The second kappa shape index (κ2) is 36.2. The normalized spacial score (nSPS) is 20.6. The fraction of sp³-hybridized carbons (Fsp3) is 0. The fourth-order valence-corrected chi connectivity index (χ4v) is 16.2. The summed E-state index contributed by atoms with van der Waals surface area (Å²) in [5, 5.41) is -19.8. The predicted octanol–water partition coefficient (Wildman–Crippen LogP) is 40.1. The summed E-state index contributed by atoms with van der Waals surface area (Å²) in [4.78, 5) is 0. The molecule has 660 valence electrons. The molecule has 0 aliphatic carbocycles. The molecule has 0 aromatic heterocycles. The summed E-state index contributed by atoms with van der Waals surface area (Å²) >= 11 is 0. The SMILES string of the molecule is [2H]c1c([2H])c(-c2c3c([2H])c([2H])c([2H])c([2H])c3c(-c3c([2H])c([2H])c4c([2H])c([2H])c([2H])c([2H])c4c3[2H])c3c([2H])c(-c4c([2H])c([2H])c([2H])c5c([2H])c([2H])c([2H])c([2H])c45)c([2H])c([2H])c23)c([2H])c([2H])c1-c1c([2H])c([2H])c([2H])c2c([2H])c([2H])c([2H])c([2H])c12.[2H]c1c([2H])c([2H])c(-c2c([2H])c([2H])c3c(-c4c([2H])c([2H])c(-c5c([2H])c([2H])c([2H])c6c([2H])c([2H])c([2H])c([2H])c56)c([2H])c4[2H])c4c([2H])c([2H])c([2H])c([2H])c4c(-c4c([2H])c([2H])c5c([2H])c([2H])c([2H])c([2H])c5c4[2H])c3c2[2H])c([2H])c1[2H].[2H]c1c([2H])c([2H])c(-c2c([2H])c([2H])c3c(-c4c([2H])c([2H])c5c([2H])c([2H])c([2H])c([2H])c5c4[2H])c4c([2H])c([2H])c([2H])c([2H])c4c(-c4c([2H])c([2H])c(-c5c([2H])c([2H])c([2H])c6c([2H])c([2H])c([2H])c([2H])c56)c([2H])c4[2H])c3c2[2H])c([2H])c1[2H]. The topological polar surface area (TPSA) is 0 Å². The maximum Gasteiger partial charge on any atom is 0.0636 e. The fourth-order valence-electron chi connectivity index (χ4n) is 16.2. The van der Waals surface area contributed by atoms with Crippen LogP contribution in [0.1, 0.15) is 126 Å². The van der Waals surface area contributed by atoms with Crippen LogP contribution in [0.15, 0.2) is 556 Å². The standard InChI is InChI=1S/C50H32.2C46H30/c1-2-14-38-31-40(28-23-33(38)11-1)50-46-20-8-7-19-45(46)49(37-26-24-36(25-27-37)43-21-9-15-34-12-3-5-17-41(34)43)47-30-29-39(32-48(47)50)44-22-10-16-35-13-4-6-18-42(35)44;1-2-11-31(12-3-1)37-27-28-43-44(30-37)45(35-24-22-34(23-25-35)40-20-10-16-33-14-6-7-17-39(33)40)41-18-8-9-19-42(41)46(43)38-26-21-32-13-4-5-15-36(32)29-38;1-2-11-31(12-3-1)37-27-28-43-44(30-37)46(38-26-21-32-13-4-5-15-36(32)29-38)42-19-9-8-18-41(42)45(43)35-24-22-34(23-25-35)40-20-10-16-33-14-6-7-17-39(33)40/h1-32H;2*1-30H/i1D,2D,3D,4D,5D,6D,7D,8D,9D,10D,11D,12D,13D,14D,15D,16D,17D,18D,19D,20D,21D,22D,23D,24D,25D,26D,27D,28D,29D,30D,31D,32D;2*1D,2D,3D,4D,5D,6D,7D,8D,9D,10D,11D,12D,13D,14D,15D,16D,17D,18D,19D,20D,21D,22D,23D,24D,25D,26D,27D,28D,29D,30D. The van der Waals surface area contributed by atoms with E-state index in [0.717, 1.165) is 0 Å². The predicted molar refractivity (Wildman–Crippen MR) is 612 cm³/mol. The molecule has 28 aromatic carbocycles. The van der Waals surface area contributed by atoms with Crippen molar-refractivity contribution in [2.45, 2.75) is 0 Å². The van der Waals surface area contributed by atoms with Gasteiger partial charge < -0.3 is 0 Å². The lowest BCUT2D eigenvalue weighted by molar-refractivity contribution is 1.62. The third-order valence-electron chi connectivity index (χ3n) is 22.4. The molecule has 0 amide bonds. The van der Waals surface area contributed by atoms with E-state index in [-0.39, 0.29) is 0 Å². The minimum Gasteiger partial charge on any atom is -0.0622 e. The van der Waals surface area contributed by atoms with E-state index in [4.69, 9.17) is 78.1 Å². The number of benzene rings is 28. The maximum atomic E-state index is 10.3. The van der Waals surface area contributed by atoms with E-state index in [1.807, 2.05) is 0 Å². The molecule has 0 heterocycles. The van der Waals surface area contributed by atoms with Crippen LogP contribution in [0.2, 0.25) is 0 Å². The maximum absolute atomic E-state index is 10.3. The molecule has 0 atom stereocenters. The number of rotatable bonds is 12. The molecule has 0 fully saturated rings. The minimum atomic E-state index is -1.20. The smallest absolute Gasteiger partial charge is 0.0622 e. The summed E-state index contributed by atoms with van der Waals surface area (Å²) in [6, 6.07) is -92.5. The third-order valence-corrected chi connectivity index (χ3v) is 22.4. The van der Waals surface area contributed by atoms with Gasteiger partial charge in [-0.2, -0.15) is 0 Å². The molecular formula is C142H92. The van der Waals surface area contributed by atoms with Gasteiger partial charge in [-0.05, 0) is 310 Å². The highest BCUT2D eigenvalue weighted by Gasteiger charge is 2.25. The van der Waals surface area contributed by atoms with Crippen molar-refractivity contribution in [2.75, 3.05) is 0 Å². The second-order valence-electron chi connectivity index (χ2n) is 30.2. The largest absolute Gasteiger partial charge is 0.0636 e. The van der Waals surface area contributed by atoms with Crippen molar-refractivity contribution in [1.82, 2.24) is 0 Å². The van der Waals surface area contributed by atoms with E-state index < -0.39 is 829 Å². The van der Waals surface area contributed by atoms with Gasteiger partial charge in [0, 0.05) is 0 Å². The van der Waals surface area contributed by atoms with Gasteiger partial charge in [0.25, 0.3) is 0 Å². The zero-order chi connectivity index (χ0) is 174. The van der Waals surface area contributed by atoms with Crippen LogP contribution in [-0.2, 0) is 0 Å². The Kier molecular flexibility index (Phi) is 8.18. The van der Waals surface area contributed by atoms with Gasteiger partial charge in [-0.3, -0.25) is 0 Å². The van der Waals surface area contributed by atoms with Gasteiger partial charge >= 0.3 is 0 Å². The molecular weight excluding hydrogens is 1710 g/mol. The van der Waals surface area contributed by atoms with Crippen molar-refractivity contribution in [3.8, 4) is 134 Å². The summed E-state index contributed by atoms with van der Waals surface area (Å²) in [6.07, 6.45) is 0. The van der Waals surface area contributed by atoms with Crippen LogP contribution < -0.4 is 0 Å². The van der Waals surface area contributed by atoms with Gasteiger partial charge in [0.2, 0.25) is 0 Å². The monoisotopic (exact) mass is 1890 g/mol. The van der Waals surface area contributed by atoms with Crippen molar-refractivity contribution < 1.29 is 126 Å². The molecule has 0 N–H and O–H groups in total. The molecule has 0 unspecified atom stereocenters. The van der Waals surface area contributed by atoms with Gasteiger partial charge in [0.15, 0.2) is 0 Å². The number of hydrogen-bond donors (Lipinski definition) is 0. The lowest BCUT2D eigenvalue weighted by Gasteiger charge is -2.19. The van der Waals surface area contributed by atoms with Crippen LogP contribution >= 0.6 is 0 Å². The molecule has 0 saturated carbocycles. The molecule has 142 heavy (non-hydrogen) atoms. The Morgan fingerprint density at radius 2 is 0.268 bits per heavy atom. The summed E-state index contributed by atoms with van der Waals surface area (Å²) < 4.78 is 830. The van der Waals surface area contributed by atoms with E-state index in [2.05, 4.69) is 0 Å². The highest BCUT2D eigenvalue weighted by Crippen LogP contribution is 2.52. The zero-order valence-electron chi connectivity index (χ0n) is 163. The van der Waals surface area contributed by atoms with Crippen LogP contribution in [0.4, 0.5) is 0 Å². The van der Waals surface area contributed by atoms with Crippen LogP contribution in [-0.4, -0.2) is 0 Å². The summed E-state index contributed by atoms with van der Waals surface area (Å²) in [7, 11) is 0. The van der Waals surface area contributed by atoms with Crippen molar-refractivity contribution in [2.24, 2.45) is 0 Å². The van der Waals surface area contributed by atoms with Gasteiger partial charge in [0.05, 0.1) is 126 Å². The first kappa shape index (κ1) is 32.1. The first-order valence-corrected chi connectivity index (χ1v) is 41.8. The molecule has 0 aliphatic heterocycles. The van der Waals surface area contributed by atoms with Crippen LogP contribution in [0.25, 0.3) is 274 Å². The Morgan fingerprint density at radius 1 is 0.0845 bits per heavy atom. The lowest BCUT2D eigenvalue weighted by Crippen LogP contribution is -1.92. The molecule has 0 aliphatic rings. The Hall–Kier alpha value is -18.5. The highest BCUT2D eigenvalue weighted by molar-refractivity contribution is 6.26. The number of fused-ring (bicyclic) bond motifs is 13. The lowest BCUT2D eigenvalue weighted by atomic mass is 9.84. The first-order valence-electron chi connectivity index (χ1n) is 87.8. The van der Waals surface area contributed by atoms with Gasteiger partial charge in [0.1, 0.15) is 0 Å². The van der Waals surface area contributed by atoms with E-state index in [1.54, 1.807) is 0 Å². The van der Waals surface area contributed by atoms with Crippen LogP contribution in [0.5, 0.6) is 0 Å². The average molecular weight is 1890 g/mol. The number of hydrogen-bond acceptors (Lipinski definition) is 0. The Morgan fingerprint density at radius 3 is 0.563 bits per heavy atom. The van der Waals surface area contributed by atoms with Crippen molar-refractivity contribution in [3.63, 3.8) is 0 Å². The molecule has 0 nitrogen and oxygen atoms in total. The zero-order valence-corrected chi connectivity index (χ0v) is 71.0. The average Bonchev–Trinajstić information content (AvgIpc) is 0.681. The van der Waals surface area contributed by atoms with Crippen LogP contribution in [0.3, 0.4) is 0 Å². The summed E-state index contributed by atoms with van der Waals surface area (Å²) in [6.45, 7) is 0. The molecule has 0 spiro atoms. The second-order valence-corrected chi connectivity index (χ2v) is 30.2.